The van der Waals surface area contributed by atoms with Crippen molar-refractivity contribution < 1.29 is 0 Å². The van der Waals surface area contributed by atoms with Gasteiger partial charge in [0.2, 0.25) is 0 Å². The van der Waals surface area contributed by atoms with E-state index in [1.165, 1.54) is 5.69 Å². The predicted octanol–water partition coefficient (Wildman–Crippen LogP) is 1.60. The van der Waals surface area contributed by atoms with Crippen molar-refractivity contribution >= 4 is 16.5 Å². The number of benzene rings is 1. The zero-order chi connectivity index (χ0) is 13.9. The minimum absolute atomic E-state index is 0.0502. The Bertz CT molecular complexity index is 684. The maximum absolute atomic E-state index is 12.3. The molecule has 2 aromatic rings. The van der Waals surface area contributed by atoms with Gasteiger partial charge in [0.1, 0.15) is 0 Å². The molecule has 3 rings (SSSR count). The minimum Gasteiger partial charge on any atom is -0.369 e. The minimum atomic E-state index is 0.0502. The lowest BCUT2D eigenvalue weighted by molar-refractivity contribution is 0.589. The first-order valence-electron chi connectivity index (χ1n) is 6.99. The number of nitrogens with zero attached hydrogens (tertiary/aromatic N) is 2. The molecular formula is C16H19N3O. The van der Waals surface area contributed by atoms with Gasteiger partial charge in [0.15, 0.2) is 0 Å². The normalized spacial score (nSPS) is 15.5. The van der Waals surface area contributed by atoms with Crippen LogP contribution in [0.2, 0.25) is 0 Å². The molecule has 0 atom stereocenters. The fourth-order valence-corrected chi connectivity index (χ4v) is 2.68. The van der Waals surface area contributed by atoms with E-state index in [0.717, 1.165) is 37.0 Å². The number of anilines is 1. The number of rotatable bonds is 3. The maximum atomic E-state index is 12.3. The predicted molar refractivity (Wildman–Crippen MR) is 83.5 cm³/mol. The molecule has 0 amide bonds. The number of piperazine rings is 1. The Morgan fingerprint density at radius 1 is 1.25 bits per heavy atom. The van der Waals surface area contributed by atoms with E-state index in [1.54, 1.807) is 10.6 Å². The third-order valence-electron chi connectivity index (χ3n) is 3.77. The molecule has 1 aromatic carbocycles. The van der Waals surface area contributed by atoms with Crippen LogP contribution in [0.5, 0.6) is 0 Å². The van der Waals surface area contributed by atoms with Gasteiger partial charge in [-0.3, -0.25) is 4.79 Å². The molecular weight excluding hydrogens is 250 g/mol. The number of allylic oxidation sites excluding steroid dienone is 1. The summed E-state index contributed by atoms with van der Waals surface area (Å²) in [6.45, 7) is 8.28. The highest BCUT2D eigenvalue weighted by atomic mass is 16.1. The van der Waals surface area contributed by atoms with Gasteiger partial charge in [-0.25, -0.2) is 0 Å². The van der Waals surface area contributed by atoms with E-state index in [4.69, 9.17) is 0 Å². The van der Waals surface area contributed by atoms with Crippen molar-refractivity contribution in [3.8, 4) is 0 Å². The molecule has 4 nitrogen and oxygen atoms in total. The molecule has 1 aromatic heterocycles. The molecule has 0 radical (unpaired) electrons. The van der Waals surface area contributed by atoms with Crippen LogP contribution >= 0.6 is 0 Å². The van der Waals surface area contributed by atoms with Crippen molar-refractivity contribution in [3.63, 3.8) is 0 Å². The maximum Gasteiger partial charge on any atom is 0.258 e. The standard InChI is InChI=1S/C16H19N3O/c1-2-8-19-9-5-13-12-14(3-4-15(13)16(19)20)18-10-6-17-7-11-18/h2-5,9,12,17H,1,6-8,10-11H2. The van der Waals surface area contributed by atoms with Crippen LogP contribution in [0.1, 0.15) is 0 Å². The van der Waals surface area contributed by atoms with Gasteiger partial charge in [-0.15, -0.1) is 6.58 Å². The largest absolute Gasteiger partial charge is 0.369 e. The summed E-state index contributed by atoms with van der Waals surface area (Å²) in [4.78, 5) is 14.6. The van der Waals surface area contributed by atoms with Gasteiger partial charge in [-0.1, -0.05) is 6.08 Å². The molecule has 0 spiro atoms. The molecule has 4 heteroatoms. The summed E-state index contributed by atoms with van der Waals surface area (Å²) in [5.41, 5.74) is 1.24. The van der Waals surface area contributed by atoms with E-state index in [2.05, 4.69) is 22.9 Å². The third kappa shape index (κ3) is 2.34. The van der Waals surface area contributed by atoms with Crippen molar-refractivity contribution in [1.29, 1.82) is 0 Å². The second-order valence-electron chi connectivity index (χ2n) is 5.07. The Kier molecular flexibility index (Phi) is 3.56. The molecule has 1 fully saturated rings. The lowest BCUT2D eigenvalue weighted by atomic mass is 10.1. The number of hydrogen-bond acceptors (Lipinski definition) is 3. The van der Waals surface area contributed by atoms with E-state index in [9.17, 15) is 4.79 Å². The molecule has 2 heterocycles. The number of fused-ring (bicyclic) bond motifs is 1. The van der Waals surface area contributed by atoms with Gasteiger partial charge >= 0.3 is 0 Å². The van der Waals surface area contributed by atoms with Crippen molar-refractivity contribution in [2.75, 3.05) is 31.1 Å². The Labute approximate surface area is 118 Å². The zero-order valence-corrected chi connectivity index (χ0v) is 11.5. The summed E-state index contributed by atoms with van der Waals surface area (Å²) in [6.07, 6.45) is 3.58. The lowest BCUT2D eigenvalue weighted by Gasteiger charge is -2.29. The number of hydrogen-bond donors (Lipinski definition) is 1. The fraction of sp³-hybridized carbons (Fsp3) is 0.312. The van der Waals surface area contributed by atoms with Gasteiger partial charge < -0.3 is 14.8 Å². The first-order chi connectivity index (χ1) is 9.79. The second-order valence-corrected chi connectivity index (χ2v) is 5.07. The Hall–Kier alpha value is -2.07. The van der Waals surface area contributed by atoms with Gasteiger partial charge in [0, 0.05) is 50.0 Å². The average Bonchev–Trinajstić information content (AvgIpc) is 2.51. The van der Waals surface area contributed by atoms with Crippen LogP contribution in [0.4, 0.5) is 5.69 Å². The summed E-state index contributed by atoms with van der Waals surface area (Å²) in [5, 5.41) is 5.13. The number of nitrogens with one attached hydrogen (secondary N) is 1. The van der Waals surface area contributed by atoms with Gasteiger partial charge in [-0.05, 0) is 29.7 Å². The van der Waals surface area contributed by atoms with Gasteiger partial charge in [0.25, 0.3) is 5.56 Å². The smallest absolute Gasteiger partial charge is 0.258 e. The first-order valence-corrected chi connectivity index (χ1v) is 6.99. The molecule has 1 aliphatic heterocycles. The molecule has 0 bridgehead atoms. The average molecular weight is 269 g/mol. The number of aromatic nitrogens is 1. The summed E-state index contributed by atoms with van der Waals surface area (Å²) in [7, 11) is 0. The van der Waals surface area contributed by atoms with Gasteiger partial charge in [-0.2, -0.15) is 0 Å². The highest BCUT2D eigenvalue weighted by Crippen LogP contribution is 2.20. The lowest BCUT2D eigenvalue weighted by Crippen LogP contribution is -2.43. The third-order valence-corrected chi connectivity index (χ3v) is 3.77. The van der Waals surface area contributed by atoms with Crippen molar-refractivity contribution in [3.05, 3.63) is 53.5 Å². The SMILES string of the molecule is C=CCn1ccc2cc(N3CCNCC3)ccc2c1=O. The monoisotopic (exact) mass is 269 g/mol. The van der Waals surface area contributed by atoms with Crippen molar-refractivity contribution in [2.45, 2.75) is 6.54 Å². The molecule has 0 aliphatic carbocycles. The summed E-state index contributed by atoms with van der Waals surface area (Å²) >= 11 is 0. The molecule has 1 saturated heterocycles. The molecule has 0 saturated carbocycles. The molecule has 1 aliphatic rings. The molecule has 1 N–H and O–H groups in total. The van der Waals surface area contributed by atoms with Crippen LogP contribution in [0.25, 0.3) is 10.8 Å². The zero-order valence-electron chi connectivity index (χ0n) is 11.5. The topological polar surface area (TPSA) is 37.3 Å². The highest BCUT2D eigenvalue weighted by Gasteiger charge is 2.11. The summed E-state index contributed by atoms with van der Waals surface area (Å²) in [6, 6.07) is 8.11. The van der Waals surface area contributed by atoms with Crippen LogP contribution in [-0.4, -0.2) is 30.7 Å². The molecule has 0 unspecified atom stereocenters. The van der Waals surface area contributed by atoms with E-state index in [1.807, 2.05) is 24.4 Å². The van der Waals surface area contributed by atoms with E-state index in [0.29, 0.717) is 6.54 Å². The van der Waals surface area contributed by atoms with E-state index < -0.39 is 0 Å². The molecule has 20 heavy (non-hydrogen) atoms. The Morgan fingerprint density at radius 3 is 2.80 bits per heavy atom. The summed E-state index contributed by atoms with van der Waals surface area (Å²) in [5.74, 6) is 0. The van der Waals surface area contributed by atoms with Crippen molar-refractivity contribution in [2.24, 2.45) is 0 Å². The number of pyridine rings is 1. The molecule has 104 valence electrons. The Balaban J connectivity index is 2.01. The van der Waals surface area contributed by atoms with Crippen LogP contribution in [0.15, 0.2) is 47.9 Å². The highest BCUT2D eigenvalue weighted by molar-refractivity contribution is 5.85. The first kappa shape index (κ1) is 12.9. The second kappa shape index (κ2) is 5.51. The Morgan fingerprint density at radius 2 is 2.05 bits per heavy atom. The van der Waals surface area contributed by atoms with E-state index in [-0.39, 0.29) is 5.56 Å². The van der Waals surface area contributed by atoms with Crippen molar-refractivity contribution in [1.82, 2.24) is 9.88 Å². The van der Waals surface area contributed by atoms with Crippen LogP contribution in [-0.2, 0) is 6.54 Å². The van der Waals surface area contributed by atoms with Crippen LogP contribution in [0, 0.1) is 0 Å². The fourth-order valence-electron chi connectivity index (χ4n) is 2.68. The van der Waals surface area contributed by atoms with E-state index >= 15 is 0 Å². The quantitative estimate of drug-likeness (QED) is 0.860. The van der Waals surface area contributed by atoms with Crippen LogP contribution in [0.3, 0.4) is 0 Å². The van der Waals surface area contributed by atoms with Crippen LogP contribution < -0.4 is 15.8 Å². The van der Waals surface area contributed by atoms with Gasteiger partial charge in [0.05, 0.1) is 0 Å². The summed E-state index contributed by atoms with van der Waals surface area (Å²) < 4.78 is 1.68.